The Hall–Kier alpha value is -1.36. The van der Waals surface area contributed by atoms with Crippen LogP contribution in [0.1, 0.15) is 20.3 Å². The summed E-state index contributed by atoms with van der Waals surface area (Å²) in [4.78, 5) is 23.5. The summed E-state index contributed by atoms with van der Waals surface area (Å²) in [5.41, 5.74) is 0.677. The maximum atomic E-state index is 11.9. The highest BCUT2D eigenvalue weighted by molar-refractivity contribution is 9.10. The third-order valence-corrected chi connectivity index (χ3v) is 3.71. The van der Waals surface area contributed by atoms with Crippen molar-refractivity contribution in [1.82, 2.24) is 0 Å². The van der Waals surface area contributed by atoms with Gasteiger partial charge in [0.2, 0.25) is 0 Å². The largest absolute Gasteiger partial charge is 0.452 e. The van der Waals surface area contributed by atoms with Gasteiger partial charge < -0.3 is 10.1 Å². The van der Waals surface area contributed by atoms with Crippen LogP contribution in [0.5, 0.6) is 0 Å². The van der Waals surface area contributed by atoms with Crippen LogP contribution in [0, 0.1) is 11.8 Å². The maximum absolute atomic E-state index is 11.9. The smallest absolute Gasteiger partial charge is 0.309 e. The van der Waals surface area contributed by atoms with Gasteiger partial charge in [0.25, 0.3) is 5.91 Å². The number of amides is 1. The fraction of sp³-hybridized carbons (Fsp3) is 0.429. The fourth-order valence-corrected chi connectivity index (χ4v) is 2.01. The van der Waals surface area contributed by atoms with E-state index in [0.717, 1.165) is 10.9 Å². The van der Waals surface area contributed by atoms with Gasteiger partial charge in [-0.25, -0.2) is 0 Å². The van der Waals surface area contributed by atoms with Crippen LogP contribution in [-0.4, -0.2) is 18.0 Å². The van der Waals surface area contributed by atoms with Crippen molar-refractivity contribution in [2.24, 2.45) is 11.8 Å². The molecular formula is C14H16BrNO3. The van der Waals surface area contributed by atoms with Crippen LogP contribution < -0.4 is 5.32 Å². The molecule has 1 amide bonds. The van der Waals surface area contributed by atoms with E-state index in [1.165, 1.54) is 0 Å². The number of halogens is 1. The molecule has 3 atom stereocenters. The van der Waals surface area contributed by atoms with Crippen LogP contribution >= 0.6 is 15.9 Å². The zero-order chi connectivity index (χ0) is 14.0. The summed E-state index contributed by atoms with van der Waals surface area (Å²) in [7, 11) is 0. The Morgan fingerprint density at radius 3 is 2.47 bits per heavy atom. The van der Waals surface area contributed by atoms with Crippen molar-refractivity contribution in [3.63, 3.8) is 0 Å². The van der Waals surface area contributed by atoms with Crippen LogP contribution in [0.15, 0.2) is 28.7 Å². The second kappa shape index (κ2) is 5.74. The number of hydrogen-bond acceptors (Lipinski definition) is 3. The number of esters is 1. The Morgan fingerprint density at radius 1 is 1.37 bits per heavy atom. The number of ether oxygens (including phenoxy) is 1. The first-order valence-electron chi connectivity index (χ1n) is 6.24. The summed E-state index contributed by atoms with van der Waals surface area (Å²) in [5, 5.41) is 2.71. The predicted octanol–water partition coefficient (Wildman–Crippen LogP) is 2.98. The van der Waals surface area contributed by atoms with E-state index < -0.39 is 6.10 Å². The molecule has 0 saturated heterocycles. The van der Waals surface area contributed by atoms with Crippen LogP contribution in [0.25, 0.3) is 0 Å². The van der Waals surface area contributed by atoms with Gasteiger partial charge in [0, 0.05) is 10.2 Å². The monoisotopic (exact) mass is 325 g/mol. The summed E-state index contributed by atoms with van der Waals surface area (Å²) < 4.78 is 6.08. The Balaban J connectivity index is 1.85. The number of hydrogen-bond donors (Lipinski definition) is 1. The summed E-state index contributed by atoms with van der Waals surface area (Å²) >= 11 is 3.32. The molecular weight excluding hydrogens is 310 g/mol. The van der Waals surface area contributed by atoms with E-state index in [0.29, 0.717) is 11.6 Å². The molecule has 0 spiro atoms. The number of nitrogens with one attached hydrogen (secondary N) is 1. The molecule has 1 aliphatic carbocycles. The lowest BCUT2D eigenvalue weighted by molar-refractivity contribution is -0.154. The molecule has 0 radical (unpaired) electrons. The Morgan fingerprint density at radius 2 is 1.95 bits per heavy atom. The van der Waals surface area contributed by atoms with E-state index in [4.69, 9.17) is 4.74 Å². The van der Waals surface area contributed by atoms with Gasteiger partial charge in [0.05, 0.1) is 5.92 Å². The van der Waals surface area contributed by atoms with Gasteiger partial charge in [-0.1, -0.05) is 22.9 Å². The van der Waals surface area contributed by atoms with Crippen molar-refractivity contribution in [3.8, 4) is 0 Å². The molecule has 4 nitrogen and oxygen atoms in total. The first kappa shape index (κ1) is 14.1. The second-order valence-electron chi connectivity index (χ2n) is 4.89. The first-order valence-corrected chi connectivity index (χ1v) is 7.03. The zero-order valence-electron chi connectivity index (χ0n) is 10.9. The van der Waals surface area contributed by atoms with E-state index >= 15 is 0 Å². The van der Waals surface area contributed by atoms with E-state index in [2.05, 4.69) is 21.2 Å². The Labute approximate surface area is 120 Å². The van der Waals surface area contributed by atoms with Crippen molar-refractivity contribution in [3.05, 3.63) is 28.7 Å². The lowest BCUT2D eigenvalue weighted by Crippen LogP contribution is -2.30. The number of anilines is 1. The van der Waals surface area contributed by atoms with Gasteiger partial charge in [-0.05, 0) is 43.5 Å². The third kappa shape index (κ3) is 3.80. The molecule has 0 unspecified atom stereocenters. The Kier molecular flexibility index (Phi) is 4.24. The minimum absolute atomic E-state index is 0.0251. The maximum Gasteiger partial charge on any atom is 0.309 e. The standard InChI is InChI=1S/C14H16BrNO3/c1-8-7-12(8)14(18)19-9(2)13(17)16-11-5-3-10(15)4-6-11/h3-6,8-9,12H,7H2,1-2H3,(H,16,17)/t8-,9-,12+/m0/s1. The minimum atomic E-state index is -0.774. The van der Waals surface area contributed by atoms with Gasteiger partial charge in [0.15, 0.2) is 6.10 Å². The number of carbonyl (C=O) groups excluding carboxylic acids is 2. The quantitative estimate of drug-likeness (QED) is 0.866. The molecule has 0 aromatic heterocycles. The molecule has 0 bridgehead atoms. The molecule has 102 valence electrons. The normalized spacial score (nSPS) is 22.5. The SMILES string of the molecule is C[C@H](OC(=O)[C@@H]1C[C@@H]1C)C(=O)Nc1ccc(Br)cc1. The summed E-state index contributed by atoms with van der Waals surface area (Å²) in [6.45, 7) is 3.58. The summed E-state index contributed by atoms with van der Waals surface area (Å²) in [5.74, 6) is -0.230. The Bertz CT molecular complexity index is 486. The van der Waals surface area contributed by atoms with Crippen LogP contribution in [0.2, 0.25) is 0 Å². The lowest BCUT2D eigenvalue weighted by Gasteiger charge is -2.13. The average Bonchev–Trinajstić information content (AvgIpc) is 3.09. The summed E-state index contributed by atoms with van der Waals surface area (Å²) in [6.07, 6.45) is 0.0869. The predicted molar refractivity (Wildman–Crippen MR) is 75.6 cm³/mol. The van der Waals surface area contributed by atoms with Crippen LogP contribution in [0.4, 0.5) is 5.69 Å². The molecule has 1 N–H and O–H groups in total. The molecule has 1 aromatic carbocycles. The zero-order valence-corrected chi connectivity index (χ0v) is 12.4. The van der Waals surface area contributed by atoms with Gasteiger partial charge in [0.1, 0.15) is 0 Å². The van der Waals surface area contributed by atoms with Gasteiger partial charge in [-0.15, -0.1) is 0 Å². The van der Waals surface area contributed by atoms with E-state index in [9.17, 15) is 9.59 Å². The highest BCUT2D eigenvalue weighted by Crippen LogP contribution is 2.38. The van der Waals surface area contributed by atoms with Crippen molar-refractivity contribution in [2.75, 3.05) is 5.32 Å². The van der Waals surface area contributed by atoms with E-state index in [1.54, 1.807) is 19.1 Å². The third-order valence-electron chi connectivity index (χ3n) is 3.19. The molecule has 1 aliphatic rings. The highest BCUT2D eigenvalue weighted by Gasteiger charge is 2.41. The molecule has 1 aromatic rings. The summed E-state index contributed by atoms with van der Waals surface area (Å²) in [6, 6.07) is 7.22. The number of benzene rings is 1. The van der Waals surface area contributed by atoms with Gasteiger partial charge in [-0.3, -0.25) is 9.59 Å². The molecule has 0 heterocycles. The van der Waals surface area contributed by atoms with Crippen molar-refractivity contribution >= 4 is 33.5 Å². The fourth-order valence-electron chi connectivity index (χ4n) is 1.74. The average molecular weight is 326 g/mol. The van der Waals surface area contributed by atoms with E-state index in [-0.39, 0.29) is 17.8 Å². The highest BCUT2D eigenvalue weighted by atomic mass is 79.9. The van der Waals surface area contributed by atoms with Crippen molar-refractivity contribution in [2.45, 2.75) is 26.4 Å². The molecule has 2 rings (SSSR count). The molecule has 1 fully saturated rings. The number of carbonyl (C=O) groups is 2. The lowest BCUT2D eigenvalue weighted by atomic mass is 10.3. The minimum Gasteiger partial charge on any atom is -0.452 e. The van der Waals surface area contributed by atoms with Gasteiger partial charge >= 0.3 is 5.97 Å². The van der Waals surface area contributed by atoms with Crippen LogP contribution in [0.3, 0.4) is 0 Å². The molecule has 0 aliphatic heterocycles. The topological polar surface area (TPSA) is 55.4 Å². The first-order chi connectivity index (χ1) is 8.97. The van der Waals surface area contributed by atoms with Crippen molar-refractivity contribution < 1.29 is 14.3 Å². The number of rotatable bonds is 4. The molecule has 5 heteroatoms. The molecule has 1 saturated carbocycles. The second-order valence-corrected chi connectivity index (χ2v) is 5.81. The van der Waals surface area contributed by atoms with E-state index in [1.807, 2.05) is 19.1 Å². The van der Waals surface area contributed by atoms with Crippen LogP contribution in [-0.2, 0) is 14.3 Å². The molecule has 19 heavy (non-hydrogen) atoms. The van der Waals surface area contributed by atoms with Crippen molar-refractivity contribution in [1.29, 1.82) is 0 Å². The van der Waals surface area contributed by atoms with Gasteiger partial charge in [-0.2, -0.15) is 0 Å².